The normalized spacial score (nSPS) is 32.9. The molecule has 1 heterocycles. The second-order valence-electron chi connectivity index (χ2n) is 9.89. The molecule has 4 rings (SSSR count). The largest absolute Gasteiger partial charge is 0.390 e. The fourth-order valence-corrected chi connectivity index (χ4v) is 5.84. The van der Waals surface area contributed by atoms with Gasteiger partial charge in [-0.1, -0.05) is 30.3 Å². The van der Waals surface area contributed by atoms with E-state index in [0.717, 1.165) is 38.5 Å². The summed E-state index contributed by atoms with van der Waals surface area (Å²) in [6, 6.07) is 10.4. The third kappa shape index (κ3) is 4.29. The highest BCUT2D eigenvalue weighted by molar-refractivity contribution is 6.37. The SMILES string of the molecule is CNC(=O)C(=O)C(CC1(O)CCC1)[C@@H]1CC2(CCC(NC)(c3ccccc3)CC2)NN1. The Bertz CT molecular complexity index is 800. The van der Waals surface area contributed by atoms with Crippen LogP contribution in [0.4, 0.5) is 0 Å². The molecule has 5 N–H and O–H groups in total. The molecule has 2 atom stereocenters. The summed E-state index contributed by atoms with van der Waals surface area (Å²) in [6.45, 7) is 0. The number of Topliss-reactive ketones (excluding diaryl/α,β-unsaturated/α-hetero) is 1. The average Bonchev–Trinajstić information content (AvgIpc) is 3.20. The standard InChI is InChI=1S/C24H36N4O3/c1-25-21(30)20(29)18(15-23(31)9-6-10-23)19-16-22(28-27-19)11-13-24(26-2,14-12-22)17-7-4-3-5-8-17/h3-5,7-8,18-19,26-28,31H,6,9-16H2,1-2H3,(H,25,30)/t18?,19-,22?,24?/m0/s1. The van der Waals surface area contributed by atoms with Gasteiger partial charge >= 0.3 is 0 Å². The van der Waals surface area contributed by atoms with Crippen molar-refractivity contribution in [3.05, 3.63) is 35.9 Å². The molecular weight excluding hydrogens is 392 g/mol. The highest BCUT2D eigenvalue weighted by Crippen LogP contribution is 2.46. The van der Waals surface area contributed by atoms with E-state index in [0.29, 0.717) is 19.3 Å². The van der Waals surface area contributed by atoms with Crippen molar-refractivity contribution in [3.63, 3.8) is 0 Å². The molecule has 0 bridgehead atoms. The maximum atomic E-state index is 12.9. The minimum absolute atomic E-state index is 0.0370. The van der Waals surface area contributed by atoms with E-state index in [-0.39, 0.29) is 17.1 Å². The predicted octanol–water partition coefficient (Wildman–Crippen LogP) is 1.52. The van der Waals surface area contributed by atoms with Crippen LogP contribution in [0.5, 0.6) is 0 Å². The summed E-state index contributed by atoms with van der Waals surface area (Å²) in [5, 5.41) is 16.8. The Labute approximate surface area is 184 Å². The fourth-order valence-electron chi connectivity index (χ4n) is 5.84. The monoisotopic (exact) mass is 428 g/mol. The first-order valence-corrected chi connectivity index (χ1v) is 11.6. The molecule has 2 saturated carbocycles. The zero-order valence-corrected chi connectivity index (χ0v) is 18.7. The van der Waals surface area contributed by atoms with Crippen LogP contribution in [0.15, 0.2) is 30.3 Å². The lowest BCUT2D eigenvalue weighted by molar-refractivity contribution is -0.143. The lowest BCUT2D eigenvalue weighted by Gasteiger charge is -2.45. The summed E-state index contributed by atoms with van der Waals surface area (Å²) in [4.78, 5) is 25.0. The number of amides is 1. The van der Waals surface area contributed by atoms with Gasteiger partial charge in [0, 0.05) is 30.1 Å². The van der Waals surface area contributed by atoms with Crippen molar-refractivity contribution in [3.8, 4) is 0 Å². The van der Waals surface area contributed by atoms with Gasteiger partial charge in [0.25, 0.3) is 5.91 Å². The second kappa shape index (κ2) is 8.62. The van der Waals surface area contributed by atoms with E-state index in [1.54, 1.807) is 0 Å². The number of hydrogen-bond donors (Lipinski definition) is 5. The molecule has 1 saturated heterocycles. The Balaban J connectivity index is 1.47. The molecule has 170 valence electrons. The van der Waals surface area contributed by atoms with Crippen molar-refractivity contribution in [1.29, 1.82) is 0 Å². The average molecular weight is 429 g/mol. The number of nitrogens with one attached hydrogen (secondary N) is 4. The van der Waals surface area contributed by atoms with Crippen LogP contribution >= 0.6 is 0 Å². The van der Waals surface area contributed by atoms with Gasteiger partial charge in [-0.05, 0) is 70.4 Å². The van der Waals surface area contributed by atoms with E-state index in [2.05, 4.69) is 45.8 Å². The van der Waals surface area contributed by atoms with Gasteiger partial charge in [-0.3, -0.25) is 20.4 Å². The number of carbonyl (C=O) groups is 2. The molecule has 7 nitrogen and oxygen atoms in total. The smallest absolute Gasteiger partial charge is 0.287 e. The zero-order chi connectivity index (χ0) is 22.1. The zero-order valence-electron chi connectivity index (χ0n) is 18.7. The van der Waals surface area contributed by atoms with Crippen molar-refractivity contribution in [2.45, 2.75) is 80.5 Å². The maximum absolute atomic E-state index is 12.9. The van der Waals surface area contributed by atoms with Crippen LogP contribution in [0.2, 0.25) is 0 Å². The summed E-state index contributed by atoms with van der Waals surface area (Å²) in [7, 11) is 3.52. The summed E-state index contributed by atoms with van der Waals surface area (Å²) < 4.78 is 0. The third-order valence-electron chi connectivity index (χ3n) is 8.16. The van der Waals surface area contributed by atoms with Crippen LogP contribution < -0.4 is 21.5 Å². The molecule has 7 heteroatoms. The lowest BCUT2D eigenvalue weighted by atomic mass is 9.66. The number of aliphatic hydroxyl groups is 1. The van der Waals surface area contributed by atoms with Gasteiger partial charge in [-0.2, -0.15) is 0 Å². The van der Waals surface area contributed by atoms with E-state index in [1.807, 2.05) is 13.1 Å². The van der Waals surface area contributed by atoms with Crippen molar-refractivity contribution in [2.75, 3.05) is 14.1 Å². The van der Waals surface area contributed by atoms with Gasteiger partial charge in [0.05, 0.1) is 5.60 Å². The number of hydrazine groups is 1. The minimum atomic E-state index is -0.813. The van der Waals surface area contributed by atoms with Crippen molar-refractivity contribution in [2.24, 2.45) is 5.92 Å². The molecular formula is C24H36N4O3. The summed E-state index contributed by atoms with van der Waals surface area (Å²) in [6.07, 6.45) is 7.44. The maximum Gasteiger partial charge on any atom is 0.287 e. The van der Waals surface area contributed by atoms with Gasteiger partial charge in [-0.15, -0.1) is 0 Å². The molecule has 1 amide bonds. The molecule has 1 aromatic carbocycles. The first-order valence-electron chi connectivity index (χ1n) is 11.6. The van der Waals surface area contributed by atoms with Crippen LogP contribution in [0.3, 0.4) is 0 Å². The molecule has 1 aliphatic heterocycles. The van der Waals surface area contributed by atoms with E-state index >= 15 is 0 Å². The quantitative estimate of drug-likeness (QED) is 0.422. The van der Waals surface area contributed by atoms with Crippen molar-refractivity contribution < 1.29 is 14.7 Å². The van der Waals surface area contributed by atoms with E-state index in [9.17, 15) is 14.7 Å². The topological polar surface area (TPSA) is 102 Å². The van der Waals surface area contributed by atoms with Gasteiger partial charge in [-0.25, -0.2) is 0 Å². The Kier molecular flexibility index (Phi) is 6.23. The Morgan fingerprint density at radius 1 is 1.10 bits per heavy atom. The van der Waals surface area contributed by atoms with Crippen LogP contribution in [-0.2, 0) is 15.1 Å². The highest BCUT2D eigenvalue weighted by Gasteiger charge is 2.51. The van der Waals surface area contributed by atoms with Crippen molar-refractivity contribution in [1.82, 2.24) is 21.5 Å². The van der Waals surface area contributed by atoms with Gasteiger partial charge in [0.2, 0.25) is 5.78 Å². The molecule has 1 spiro atoms. The fraction of sp³-hybridized carbons (Fsp3) is 0.667. The van der Waals surface area contributed by atoms with E-state index < -0.39 is 23.2 Å². The summed E-state index contributed by atoms with van der Waals surface area (Å²) in [5.74, 6) is -1.52. The molecule has 0 radical (unpaired) electrons. The Hall–Kier alpha value is -1.80. The number of likely N-dealkylation sites (N-methyl/N-ethyl adjacent to an activating group) is 1. The third-order valence-corrected chi connectivity index (χ3v) is 8.16. The van der Waals surface area contributed by atoms with E-state index in [1.165, 1.54) is 12.6 Å². The van der Waals surface area contributed by atoms with E-state index in [4.69, 9.17) is 0 Å². The van der Waals surface area contributed by atoms with Gasteiger partial charge in [0.15, 0.2) is 0 Å². The Morgan fingerprint density at radius 2 is 1.77 bits per heavy atom. The van der Waals surface area contributed by atoms with Crippen LogP contribution in [0.25, 0.3) is 0 Å². The number of benzene rings is 1. The lowest BCUT2D eigenvalue weighted by Crippen LogP contribution is -2.53. The molecule has 1 unspecified atom stereocenters. The molecule has 3 aliphatic rings. The van der Waals surface area contributed by atoms with Gasteiger partial charge < -0.3 is 15.7 Å². The molecule has 0 aromatic heterocycles. The van der Waals surface area contributed by atoms with Crippen LogP contribution in [-0.4, -0.2) is 48.1 Å². The first-order chi connectivity index (χ1) is 14.8. The number of carbonyl (C=O) groups excluding carboxylic acids is 2. The highest BCUT2D eigenvalue weighted by atomic mass is 16.3. The first kappa shape index (κ1) is 22.4. The molecule has 2 aliphatic carbocycles. The Morgan fingerprint density at radius 3 is 2.32 bits per heavy atom. The minimum Gasteiger partial charge on any atom is -0.390 e. The second-order valence-corrected chi connectivity index (χ2v) is 9.89. The predicted molar refractivity (Wildman–Crippen MR) is 119 cm³/mol. The molecule has 1 aromatic rings. The van der Waals surface area contributed by atoms with Gasteiger partial charge in [0.1, 0.15) is 0 Å². The van der Waals surface area contributed by atoms with Crippen LogP contribution in [0, 0.1) is 5.92 Å². The molecule has 3 fully saturated rings. The number of ketones is 1. The number of rotatable bonds is 7. The van der Waals surface area contributed by atoms with Crippen LogP contribution in [0.1, 0.15) is 63.4 Å². The van der Waals surface area contributed by atoms with Crippen molar-refractivity contribution >= 4 is 11.7 Å². The summed E-state index contributed by atoms with van der Waals surface area (Å²) >= 11 is 0. The number of hydrogen-bond acceptors (Lipinski definition) is 6. The summed E-state index contributed by atoms with van der Waals surface area (Å²) in [5.41, 5.74) is 7.23. The molecule has 31 heavy (non-hydrogen) atoms.